The zero-order chi connectivity index (χ0) is 25.7. The lowest BCUT2D eigenvalue weighted by atomic mass is 9.99. The highest BCUT2D eigenvalue weighted by atomic mass is 16.7. The molecule has 0 spiro atoms. The normalized spacial score (nSPS) is 24.9. The van der Waals surface area contributed by atoms with Crippen LogP contribution in [0.3, 0.4) is 0 Å². The lowest BCUT2D eigenvalue weighted by molar-refractivity contribution is -0.277. The van der Waals surface area contributed by atoms with E-state index in [-0.39, 0.29) is 34.8 Å². The van der Waals surface area contributed by atoms with Gasteiger partial charge < -0.3 is 44.2 Å². The molecule has 2 aromatic rings. The minimum Gasteiger partial charge on any atom is -0.504 e. The van der Waals surface area contributed by atoms with Crippen LogP contribution in [0, 0.1) is 0 Å². The van der Waals surface area contributed by atoms with Crippen LogP contribution in [-0.4, -0.2) is 69.5 Å². The summed E-state index contributed by atoms with van der Waals surface area (Å²) in [5.41, 5.74) is 1.45. The molecule has 1 aromatic carbocycles. The molecule has 0 amide bonds. The third-order valence-electron chi connectivity index (χ3n) is 5.66. The first kappa shape index (κ1) is 26.7. The van der Waals surface area contributed by atoms with Crippen molar-refractivity contribution in [3.63, 3.8) is 0 Å². The highest BCUT2D eigenvalue weighted by Crippen LogP contribution is 2.34. The molecule has 3 rings (SSSR count). The fourth-order valence-electron chi connectivity index (χ4n) is 3.61. The van der Waals surface area contributed by atoms with Crippen molar-refractivity contribution >= 4 is 11.0 Å². The Morgan fingerprint density at radius 2 is 1.83 bits per heavy atom. The van der Waals surface area contributed by atoms with E-state index in [9.17, 15) is 30.3 Å². The maximum atomic E-state index is 12.4. The Hall–Kier alpha value is -2.89. The van der Waals surface area contributed by atoms with Crippen LogP contribution in [0.1, 0.15) is 33.6 Å². The van der Waals surface area contributed by atoms with Gasteiger partial charge in [-0.25, -0.2) is 4.79 Å². The molecular weight excluding hydrogens is 460 g/mol. The molecule has 0 radical (unpaired) electrons. The average molecular weight is 493 g/mol. The predicted molar refractivity (Wildman–Crippen MR) is 126 cm³/mol. The van der Waals surface area contributed by atoms with E-state index in [2.05, 4.69) is 6.08 Å². The topological polar surface area (TPSA) is 159 Å². The number of fused-ring (bicyclic) bond motifs is 1. The first-order chi connectivity index (χ1) is 16.6. The summed E-state index contributed by atoms with van der Waals surface area (Å²) in [6, 6.07) is 4.16. The molecule has 2 heterocycles. The third-order valence-corrected chi connectivity index (χ3v) is 5.66. The maximum Gasteiger partial charge on any atom is 0.383 e. The third kappa shape index (κ3) is 6.41. The van der Waals surface area contributed by atoms with E-state index in [1.54, 1.807) is 0 Å². The Morgan fingerprint density at radius 1 is 1.09 bits per heavy atom. The first-order valence-corrected chi connectivity index (χ1v) is 11.3. The Bertz CT molecular complexity index is 1130. The second-order valence-corrected chi connectivity index (χ2v) is 8.72. The Labute approximate surface area is 202 Å². The van der Waals surface area contributed by atoms with Crippen LogP contribution < -0.4 is 15.1 Å². The summed E-state index contributed by atoms with van der Waals surface area (Å²) < 4.78 is 21.6. The molecule has 0 unspecified atom stereocenters. The number of rotatable bonds is 9. The number of allylic oxidation sites excluding steroid dienone is 3. The molecule has 192 valence electrons. The summed E-state index contributed by atoms with van der Waals surface area (Å²) in [5, 5.41) is 50.0. The smallest absolute Gasteiger partial charge is 0.383 e. The largest absolute Gasteiger partial charge is 0.504 e. The summed E-state index contributed by atoms with van der Waals surface area (Å²) in [6.07, 6.45) is -1.53. The summed E-state index contributed by atoms with van der Waals surface area (Å²) in [6.45, 7) is 5.52. The number of aliphatic hydroxyl groups excluding tert-OH is 4. The lowest BCUT2D eigenvalue weighted by Gasteiger charge is -2.39. The van der Waals surface area contributed by atoms with Gasteiger partial charge in [0.25, 0.3) is 0 Å². The summed E-state index contributed by atoms with van der Waals surface area (Å²) in [5.74, 6) is -0.604. The Morgan fingerprint density at radius 3 is 2.51 bits per heavy atom. The van der Waals surface area contributed by atoms with E-state index in [0.29, 0.717) is 0 Å². The molecule has 0 bridgehead atoms. The van der Waals surface area contributed by atoms with Gasteiger partial charge in [0.15, 0.2) is 5.75 Å². The second kappa shape index (κ2) is 11.7. The summed E-state index contributed by atoms with van der Waals surface area (Å²) >= 11 is 0. The highest BCUT2D eigenvalue weighted by molar-refractivity contribution is 5.86. The van der Waals surface area contributed by atoms with E-state index in [0.717, 1.165) is 18.4 Å². The predicted octanol–water partition coefficient (Wildman–Crippen LogP) is 1.75. The molecule has 1 saturated heterocycles. The monoisotopic (exact) mass is 492 g/mol. The minimum absolute atomic E-state index is 0.00427. The fourth-order valence-corrected chi connectivity index (χ4v) is 3.61. The van der Waals surface area contributed by atoms with E-state index in [1.807, 2.05) is 26.8 Å². The van der Waals surface area contributed by atoms with Gasteiger partial charge in [-0.05, 0) is 51.8 Å². The van der Waals surface area contributed by atoms with Crippen molar-refractivity contribution in [1.29, 1.82) is 0 Å². The van der Waals surface area contributed by atoms with Crippen molar-refractivity contribution in [3.8, 4) is 17.2 Å². The van der Waals surface area contributed by atoms with Crippen molar-refractivity contribution in [2.75, 3.05) is 13.2 Å². The van der Waals surface area contributed by atoms with Crippen LogP contribution in [0.15, 0.2) is 50.7 Å². The number of benzene rings is 1. The molecule has 1 fully saturated rings. The van der Waals surface area contributed by atoms with Crippen molar-refractivity contribution in [1.82, 2.24) is 0 Å². The molecule has 35 heavy (non-hydrogen) atoms. The molecule has 5 atom stereocenters. The van der Waals surface area contributed by atoms with Gasteiger partial charge in [0.1, 0.15) is 42.4 Å². The van der Waals surface area contributed by atoms with Crippen LogP contribution in [0.2, 0.25) is 0 Å². The van der Waals surface area contributed by atoms with Gasteiger partial charge in [-0.2, -0.15) is 0 Å². The SMILES string of the molecule is CC(C)=CCC/C(C)=C/COc1c(O)c2ccc(O[C@@H]3O[C@H](CO)[C@H](O)[C@H](O)[C@H]3O)cc2oc1=O. The van der Waals surface area contributed by atoms with E-state index in [4.69, 9.17) is 18.6 Å². The molecule has 10 heteroatoms. The van der Waals surface area contributed by atoms with Crippen molar-refractivity contribution < 1.29 is 44.2 Å². The summed E-state index contributed by atoms with van der Waals surface area (Å²) in [4.78, 5) is 12.4. The average Bonchev–Trinajstić information content (AvgIpc) is 2.81. The molecule has 0 saturated carbocycles. The molecule has 0 aliphatic carbocycles. The van der Waals surface area contributed by atoms with Gasteiger partial charge >= 0.3 is 5.63 Å². The van der Waals surface area contributed by atoms with Crippen LogP contribution in [0.5, 0.6) is 17.2 Å². The van der Waals surface area contributed by atoms with E-state index >= 15 is 0 Å². The molecule has 10 nitrogen and oxygen atoms in total. The van der Waals surface area contributed by atoms with Gasteiger partial charge in [-0.15, -0.1) is 0 Å². The van der Waals surface area contributed by atoms with Crippen LogP contribution in [-0.2, 0) is 4.74 Å². The Kier molecular flexibility index (Phi) is 8.92. The van der Waals surface area contributed by atoms with Crippen molar-refractivity contribution in [2.45, 2.75) is 64.3 Å². The van der Waals surface area contributed by atoms with Crippen LogP contribution in [0.25, 0.3) is 11.0 Å². The lowest BCUT2D eigenvalue weighted by Crippen LogP contribution is -2.60. The van der Waals surface area contributed by atoms with Gasteiger partial charge in [0, 0.05) is 6.07 Å². The van der Waals surface area contributed by atoms with Gasteiger partial charge in [-0.3, -0.25) is 0 Å². The number of aromatic hydroxyl groups is 1. The molecule has 1 aliphatic heterocycles. The first-order valence-electron chi connectivity index (χ1n) is 11.3. The van der Waals surface area contributed by atoms with Gasteiger partial charge in [0.05, 0.1) is 12.0 Å². The maximum absolute atomic E-state index is 12.4. The van der Waals surface area contributed by atoms with Crippen molar-refractivity contribution in [3.05, 3.63) is 51.9 Å². The van der Waals surface area contributed by atoms with E-state index < -0.39 is 42.9 Å². The number of aliphatic hydroxyl groups is 4. The number of hydrogen-bond acceptors (Lipinski definition) is 10. The fraction of sp³-hybridized carbons (Fsp3) is 0.480. The zero-order valence-corrected chi connectivity index (χ0v) is 19.9. The molecular formula is C25H32O10. The number of ether oxygens (including phenoxy) is 3. The van der Waals surface area contributed by atoms with Crippen LogP contribution in [0.4, 0.5) is 0 Å². The number of hydrogen-bond donors (Lipinski definition) is 5. The molecule has 5 N–H and O–H groups in total. The van der Waals surface area contributed by atoms with E-state index in [1.165, 1.54) is 23.8 Å². The van der Waals surface area contributed by atoms with Gasteiger partial charge in [0.2, 0.25) is 12.0 Å². The molecule has 1 aliphatic rings. The summed E-state index contributed by atoms with van der Waals surface area (Å²) in [7, 11) is 0. The standard InChI is InChI=1S/C25H32O10/c1-13(2)5-4-6-14(3)9-10-32-23-19(27)16-8-7-15(11-17(16)34-24(23)31)33-25-22(30)21(29)20(28)18(12-26)35-25/h5,7-9,11,18,20-22,25-30H,4,6,10,12H2,1-3H3/b14-9+/t18-,20+,21+,22-,25-/m1/s1. The molecule has 1 aromatic heterocycles. The Balaban J connectivity index is 1.73. The van der Waals surface area contributed by atoms with Gasteiger partial charge in [-0.1, -0.05) is 17.2 Å². The minimum atomic E-state index is -1.60. The quantitative estimate of drug-likeness (QED) is 0.258. The van der Waals surface area contributed by atoms with Crippen LogP contribution >= 0.6 is 0 Å². The highest BCUT2D eigenvalue weighted by Gasteiger charge is 2.44. The van der Waals surface area contributed by atoms with Crippen molar-refractivity contribution in [2.24, 2.45) is 0 Å². The second-order valence-electron chi connectivity index (χ2n) is 8.72. The zero-order valence-electron chi connectivity index (χ0n) is 19.9.